The molecule has 0 amide bonds. The average Bonchev–Trinajstić information content (AvgIpc) is 2.01. The van der Waals surface area contributed by atoms with Crippen LogP contribution in [-0.4, -0.2) is 25.0 Å². The van der Waals surface area contributed by atoms with E-state index in [4.69, 9.17) is 0 Å². The van der Waals surface area contributed by atoms with Crippen LogP contribution in [0.25, 0.3) is 0 Å². The van der Waals surface area contributed by atoms with Gasteiger partial charge in [-0.2, -0.15) is 0 Å². The molecule has 0 aromatic rings. The maximum absolute atomic E-state index is 2.42. The van der Waals surface area contributed by atoms with E-state index in [0.29, 0.717) is 0 Å². The molecular weight excluding hydrogens is 134 g/mol. The molecule has 1 heteroatoms. The highest BCUT2D eigenvalue weighted by Gasteiger charge is 2.00. The smallest absolute Gasteiger partial charge is 0.00193 e. The van der Waals surface area contributed by atoms with Crippen LogP contribution in [0, 0.1) is 5.92 Å². The van der Waals surface area contributed by atoms with E-state index in [2.05, 4.69) is 32.7 Å². The first-order valence-corrected chi connectivity index (χ1v) is 4.89. The Balaban J connectivity index is 3.22. The summed E-state index contributed by atoms with van der Waals surface area (Å²) in [6.45, 7) is 9.35. The van der Waals surface area contributed by atoms with Crippen LogP contribution in [0.1, 0.15) is 40.0 Å². The molecule has 0 saturated carbocycles. The van der Waals surface area contributed by atoms with Crippen LogP contribution in [0.2, 0.25) is 0 Å². The maximum Gasteiger partial charge on any atom is -0.00193 e. The van der Waals surface area contributed by atoms with E-state index in [1.54, 1.807) is 0 Å². The SMILES string of the molecule is CCCN(C)CC[C@@H](C)CC. The summed E-state index contributed by atoms with van der Waals surface area (Å²) >= 11 is 0. The topological polar surface area (TPSA) is 3.24 Å². The Kier molecular flexibility index (Phi) is 6.63. The zero-order valence-electron chi connectivity index (χ0n) is 8.56. The van der Waals surface area contributed by atoms with Crippen LogP contribution in [0.4, 0.5) is 0 Å². The van der Waals surface area contributed by atoms with Crippen molar-refractivity contribution in [3.8, 4) is 0 Å². The molecule has 0 aromatic heterocycles. The third-order valence-electron chi connectivity index (χ3n) is 2.31. The van der Waals surface area contributed by atoms with Gasteiger partial charge in [-0.15, -0.1) is 0 Å². The zero-order valence-corrected chi connectivity index (χ0v) is 8.56. The Hall–Kier alpha value is -0.0400. The Morgan fingerprint density at radius 1 is 1.18 bits per heavy atom. The second-order valence-electron chi connectivity index (χ2n) is 3.61. The van der Waals surface area contributed by atoms with Gasteiger partial charge in [-0.3, -0.25) is 0 Å². The highest BCUT2D eigenvalue weighted by Crippen LogP contribution is 2.06. The molecule has 0 aromatic carbocycles. The molecule has 0 saturated heterocycles. The normalized spacial score (nSPS) is 13.9. The lowest BCUT2D eigenvalue weighted by Crippen LogP contribution is -2.21. The predicted octanol–water partition coefficient (Wildman–Crippen LogP) is 2.76. The van der Waals surface area contributed by atoms with Gasteiger partial charge in [0.2, 0.25) is 0 Å². The van der Waals surface area contributed by atoms with Crippen LogP contribution < -0.4 is 0 Å². The molecule has 0 aliphatic rings. The van der Waals surface area contributed by atoms with Crippen LogP contribution in [0.3, 0.4) is 0 Å². The monoisotopic (exact) mass is 157 g/mol. The minimum atomic E-state index is 0.898. The van der Waals surface area contributed by atoms with E-state index in [9.17, 15) is 0 Å². The minimum Gasteiger partial charge on any atom is -0.306 e. The van der Waals surface area contributed by atoms with Crippen molar-refractivity contribution in [3.63, 3.8) is 0 Å². The van der Waals surface area contributed by atoms with Gasteiger partial charge in [-0.05, 0) is 38.9 Å². The van der Waals surface area contributed by atoms with Crippen LogP contribution in [0.5, 0.6) is 0 Å². The molecule has 0 rings (SSSR count). The largest absolute Gasteiger partial charge is 0.306 e. The van der Waals surface area contributed by atoms with E-state index >= 15 is 0 Å². The summed E-state index contributed by atoms with van der Waals surface area (Å²) < 4.78 is 0. The molecule has 0 N–H and O–H groups in total. The Morgan fingerprint density at radius 2 is 1.82 bits per heavy atom. The lowest BCUT2D eigenvalue weighted by atomic mass is 10.1. The fourth-order valence-electron chi connectivity index (χ4n) is 1.14. The van der Waals surface area contributed by atoms with Crippen molar-refractivity contribution in [3.05, 3.63) is 0 Å². The number of hydrogen-bond acceptors (Lipinski definition) is 1. The lowest BCUT2D eigenvalue weighted by Gasteiger charge is -2.17. The van der Waals surface area contributed by atoms with Gasteiger partial charge in [0.05, 0.1) is 0 Å². The first kappa shape index (κ1) is 11.0. The second kappa shape index (κ2) is 6.66. The molecule has 0 bridgehead atoms. The lowest BCUT2D eigenvalue weighted by molar-refractivity contribution is 0.303. The minimum absolute atomic E-state index is 0.898. The Labute approximate surface area is 71.8 Å². The van der Waals surface area contributed by atoms with E-state index in [-0.39, 0.29) is 0 Å². The summed E-state index contributed by atoms with van der Waals surface area (Å²) in [5, 5.41) is 0. The summed E-state index contributed by atoms with van der Waals surface area (Å²) in [5.41, 5.74) is 0. The van der Waals surface area contributed by atoms with Crippen LogP contribution in [-0.2, 0) is 0 Å². The van der Waals surface area contributed by atoms with Crippen molar-refractivity contribution in [1.29, 1.82) is 0 Å². The van der Waals surface area contributed by atoms with Gasteiger partial charge >= 0.3 is 0 Å². The Bertz CT molecular complexity index is 80.9. The summed E-state index contributed by atoms with van der Waals surface area (Å²) in [7, 11) is 2.21. The molecule has 0 spiro atoms. The van der Waals surface area contributed by atoms with Gasteiger partial charge < -0.3 is 4.90 Å². The molecule has 11 heavy (non-hydrogen) atoms. The molecule has 0 heterocycles. The zero-order chi connectivity index (χ0) is 8.69. The van der Waals surface area contributed by atoms with Crippen molar-refractivity contribution < 1.29 is 0 Å². The quantitative estimate of drug-likeness (QED) is 0.573. The Morgan fingerprint density at radius 3 is 2.27 bits per heavy atom. The van der Waals surface area contributed by atoms with E-state index < -0.39 is 0 Å². The van der Waals surface area contributed by atoms with Crippen molar-refractivity contribution in [2.24, 2.45) is 5.92 Å². The highest BCUT2D eigenvalue weighted by molar-refractivity contribution is 4.55. The average molecular weight is 157 g/mol. The van der Waals surface area contributed by atoms with Gasteiger partial charge in [-0.25, -0.2) is 0 Å². The first-order valence-electron chi connectivity index (χ1n) is 4.89. The molecule has 1 atom stereocenters. The van der Waals surface area contributed by atoms with Crippen molar-refractivity contribution >= 4 is 0 Å². The van der Waals surface area contributed by atoms with Crippen LogP contribution >= 0.6 is 0 Å². The summed E-state index contributed by atoms with van der Waals surface area (Å²) in [6, 6.07) is 0. The van der Waals surface area contributed by atoms with Gasteiger partial charge in [0.15, 0.2) is 0 Å². The van der Waals surface area contributed by atoms with Crippen molar-refractivity contribution in [2.75, 3.05) is 20.1 Å². The fraction of sp³-hybridized carbons (Fsp3) is 1.00. The predicted molar refractivity (Wildman–Crippen MR) is 51.9 cm³/mol. The molecule has 0 unspecified atom stereocenters. The van der Waals surface area contributed by atoms with Gasteiger partial charge in [0.25, 0.3) is 0 Å². The first-order chi connectivity index (χ1) is 5.20. The second-order valence-corrected chi connectivity index (χ2v) is 3.61. The van der Waals surface area contributed by atoms with Crippen molar-refractivity contribution in [1.82, 2.24) is 4.90 Å². The van der Waals surface area contributed by atoms with Gasteiger partial charge in [0, 0.05) is 0 Å². The maximum atomic E-state index is 2.42. The third-order valence-corrected chi connectivity index (χ3v) is 2.31. The molecule has 0 fully saturated rings. The summed E-state index contributed by atoms with van der Waals surface area (Å²) in [6.07, 6.45) is 3.95. The van der Waals surface area contributed by atoms with Crippen molar-refractivity contribution in [2.45, 2.75) is 40.0 Å². The number of rotatable bonds is 6. The highest BCUT2D eigenvalue weighted by atomic mass is 15.1. The summed E-state index contributed by atoms with van der Waals surface area (Å²) in [4.78, 5) is 2.42. The van der Waals surface area contributed by atoms with E-state index in [1.165, 1.54) is 32.4 Å². The molecule has 68 valence electrons. The molecular formula is C10H23N. The van der Waals surface area contributed by atoms with Gasteiger partial charge in [-0.1, -0.05) is 27.2 Å². The molecule has 0 aliphatic carbocycles. The summed E-state index contributed by atoms with van der Waals surface area (Å²) in [5.74, 6) is 0.898. The van der Waals surface area contributed by atoms with Crippen LogP contribution in [0.15, 0.2) is 0 Å². The third kappa shape index (κ3) is 6.36. The standard InChI is InChI=1S/C10H23N/c1-5-8-11(4)9-7-10(3)6-2/h10H,5-9H2,1-4H3/t10-/m0/s1. The van der Waals surface area contributed by atoms with E-state index in [1.807, 2.05) is 0 Å². The van der Waals surface area contributed by atoms with Gasteiger partial charge in [0.1, 0.15) is 0 Å². The number of hydrogen-bond donors (Lipinski definition) is 0. The van der Waals surface area contributed by atoms with E-state index in [0.717, 1.165) is 5.92 Å². The fourth-order valence-corrected chi connectivity index (χ4v) is 1.14. The molecule has 1 nitrogen and oxygen atoms in total. The number of nitrogens with zero attached hydrogens (tertiary/aromatic N) is 1. The molecule has 0 radical (unpaired) electrons. The molecule has 0 aliphatic heterocycles.